The van der Waals surface area contributed by atoms with Gasteiger partial charge in [-0.15, -0.1) is 0 Å². The van der Waals surface area contributed by atoms with Crippen molar-refractivity contribution in [1.82, 2.24) is 14.9 Å². The summed E-state index contributed by atoms with van der Waals surface area (Å²) < 4.78 is 13.4. The highest BCUT2D eigenvalue weighted by Crippen LogP contribution is 2.37. The van der Waals surface area contributed by atoms with E-state index in [9.17, 15) is 4.39 Å². The standard InChI is InChI=1S/C23H27FN4/c1-16(25)15-28-12-8-18(9-13-28)22-14-21(17-6-10-26-11-7-17)23(27-22)19-2-4-20(24)5-3-19/h2-7,10-11,14,16,18,27H,8-9,12-13,15,25H2,1H3. The first kappa shape index (κ1) is 18.8. The number of H-pyrrole nitrogens is 1. The molecule has 3 N–H and O–H groups in total. The topological polar surface area (TPSA) is 57.9 Å². The maximum atomic E-state index is 13.4. The van der Waals surface area contributed by atoms with E-state index in [-0.39, 0.29) is 11.9 Å². The Morgan fingerprint density at radius 3 is 2.43 bits per heavy atom. The average Bonchev–Trinajstić information content (AvgIpc) is 3.15. The van der Waals surface area contributed by atoms with Gasteiger partial charge in [0.05, 0.1) is 5.69 Å². The van der Waals surface area contributed by atoms with Crippen LogP contribution in [-0.4, -0.2) is 40.5 Å². The van der Waals surface area contributed by atoms with E-state index in [0.29, 0.717) is 5.92 Å². The van der Waals surface area contributed by atoms with Gasteiger partial charge in [-0.25, -0.2) is 4.39 Å². The average molecular weight is 378 g/mol. The quantitative estimate of drug-likeness (QED) is 0.691. The minimum atomic E-state index is -0.220. The normalized spacial score (nSPS) is 17.0. The van der Waals surface area contributed by atoms with Gasteiger partial charge in [-0.2, -0.15) is 0 Å². The number of nitrogens with one attached hydrogen (secondary N) is 1. The lowest BCUT2D eigenvalue weighted by Crippen LogP contribution is -2.40. The van der Waals surface area contributed by atoms with Gasteiger partial charge in [-0.3, -0.25) is 4.98 Å². The lowest BCUT2D eigenvalue weighted by atomic mass is 9.93. The molecule has 3 aromatic rings. The molecular weight excluding hydrogens is 351 g/mol. The van der Waals surface area contributed by atoms with Gasteiger partial charge < -0.3 is 15.6 Å². The highest BCUT2D eigenvalue weighted by Gasteiger charge is 2.24. The number of hydrogen-bond acceptors (Lipinski definition) is 3. The van der Waals surface area contributed by atoms with E-state index in [2.05, 4.69) is 27.9 Å². The Bertz CT molecular complexity index is 894. The Morgan fingerprint density at radius 1 is 1.11 bits per heavy atom. The third-order valence-electron chi connectivity index (χ3n) is 5.54. The van der Waals surface area contributed by atoms with E-state index < -0.39 is 0 Å². The minimum absolute atomic E-state index is 0.213. The summed E-state index contributed by atoms with van der Waals surface area (Å²) in [6.07, 6.45) is 5.85. The zero-order valence-electron chi connectivity index (χ0n) is 16.2. The fourth-order valence-electron chi connectivity index (χ4n) is 4.13. The molecule has 1 unspecified atom stereocenters. The molecule has 0 bridgehead atoms. The number of aromatic amines is 1. The minimum Gasteiger partial charge on any atom is -0.358 e. The van der Waals surface area contributed by atoms with Gasteiger partial charge in [0, 0.05) is 42.2 Å². The van der Waals surface area contributed by atoms with Crippen molar-refractivity contribution in [3.63, 3.8) is 0 Å². The number of likely N-dealkylation sites (tertiary alicyclic amines) is 1. The third-order valence-corrected chi connectivity index (χ3v) is 5.54. The molecule has 1 fully saturated rings. The lowest BCUT2D eigenvalue weighted by molar-refractivity contribution is 0.203. The predicted molar refractivity (Wildman–Crippen MR) is 111 cm³/mol. The zero-order chi connectivity index (χ0) is 19.5. The largest absolute Gasteiger partial charge is 0.358 e. The van der Waals surface area contributed by atoms with Crippen LogP contribution < -0.4 is 5.73 Å². The number of aromatic nitrogens is 2. The summed E-state index contributed by atoms with van der Waals surface area (Å²) in [4.78, 5) is 10.2. The van der Waals surface area contributed by atoms with E-state index in [1.165, 1.54) is 17.8 Å². The Morgan fingerprint density at radius 2 is 1.79 bits per heavy atom. The van der Waals surface area contributed by atoms with Crippen molar-refractivity contribution in [2.75, 3.05) is 19.6 Å². The van der Waals surface area contributed by atoms with Crippen molar-refractivity contribution < 1.29 is 4.39 Å². The molecular formula is C23H27FN4. The Hall–Kier alpha value is -2.50. The predicted octanol–water partition coefficient (Wildman–Crippen LogP) is 4.41. The van der Waals surface area contributed by atoms with Crippen LogP contribution in [0.3, 0.4) is 0 Å². The maximum Gasteiger partial charge on any atom is 0.123 e. The molecule has 1 aliphatic rings. The van der Waals surface area contributed by atoms with Gasteiger partial charge in [-0.05, 0) is 86.4 Å². The SMILES string of the molecule is CC(N)CN1CCC(c2cc(-c3ccncc3)c(-c3ccc(F)cc3)[nH]2)CC1. The van der Waals surface area contributed by atoms with Gasteiger partial charge in [0.1, 0.15) is 5.82 Å². The molecule has 1 saturated heterocycles. The second-order valence-electron chi connectivity index (χ2n) is 7.81. The number of nitrogens with zero attached hydrogens (tertiary/aromatic N) is 2. The van der Waals surface area contributed by atoms with Gasteiger partial charge in [0.2, 0.25) is 0 Å². The highest BCUT2D eigenvalue weighted by molar-refractivity contribution is 5.82. The summed E-state index contributed by atoms with van der Waals surface area (Å²) in [6.45, 7) is 5.16. The van der Waals surface area contributed by atoms with Gasteiger partial charge in [-0.1, -0.05) is 0 Å². The monoisotopic (exact) mass is 378 g/mol. The molecule has 0 aliphatic carbocycles. The molecule has 4 rings (SSSR count). The number of piperidine rings is 1. The molecule has 28 heavy (non-hydrogen) atoms. The van der Waals surface area contributed by atoms with E-state index >= 15 is 0 Å². The smallest absolute Gasteiger partial charge is 0.123 e. The van der Waals surface area contributed by atoms with Crippen molar-refractivity contribution in [2.45, 2.75) is 31.7 Å². The fourth-order valence-corrected chi connectivity index (χ4v) is 4.13. The fraction of sp³-hybridized carbons (Fsp3) is 0.348. The van der Waals surface area contributed by atoms with Crippen LogP contribution in [0.5, 0.6) is 0 Å². The highest BCUT2D eigenvalue weighted by atomic mass is 19.1. The van der Waals surface area contributed by atoms with Gasteiger partial charge >= 0.3 is 0 Å². The van der Waals surface area contributed by atoms with Crippen LogP contribution in [0.2, 0.25) is 0 Å². The van der Waals surface area contributed by atoms with Crippen LogP contribution in [0.4, 0.5) is 4.39 Å². The first-order chi connectivity index (χ1) is 13.6. The van der Waals surface area contributed by atoms with E-state index in [0.717, 1.165) is 54.9 Å². The first-order valence-electron chi connectivity index (χ1n) is 9.97. The Kier molecular flexibility index (Phi) is 5.55. The van der Waals surface area contributed by atoms with Gasteiger partial charge in [0.15, 0.2) is 0 Å². The molecule has 1 aromatic carbocycles. The van der Waals surface area contributed by atoms with E-state index in [1.807, 2.05) is 36.7 Å². The van der Waals surface area contributed by atoms with Crippen LogP contribution in [0, 0.1) is 5.82 Å². The van der Waals surface area contributed by atoms with Crippen LogP contribution in [0.1, 0.15) is 31.4 Å². The summed E-state index contributed by atoms with van der Waals surface area (Å²) in [6, 6.07) is 13.2. The van der Waals surface area contributed by atoms with Crippen LogP contribution in [0.15, 0.2) is 54.9 Å². The number of rotatable bonds is 5. The zero-order valence-corrected chi connectivity index (χ0v) is 16.2. The summed E-state index contributed by atoms with van der Waals surface area (Å²) >= 11 is 0. The second kappa shape index (κ2) is 8.25. The number of halogens is 1. The maximum absolute atomic E-state index is 13.4. The Balaban J connectivity index is 1.64. The third kappa shape index (κ3) is 4.16. The number of benzene rings is 1. The van der Waals surface area contributed by atoms with Gasteiger partial charge in [0.25, 0.3) is 0 Å². The van der Waals surface area contributed by atoms with E-state index in [1.54, 1.807) is 0 Å². The molecule has 146 valence electrons. The molecule has 0 amide bonds. The second-order valence-corrected chi connectivity index (χ2v) is 7.81. The molecule has 4 nitrogen and oxygen atoms in total. The van der Waals surface area contributed by atoms with Crippen LogP contribution >= 0.6 is 0 Å². The molecule has 0 saturated carbocycles. The summed E-state index contributed by atoms with van der Waals surface area (Å²) in [5, 5.41) is 0. The van der Waals surface area contributed by atoms with Crippen molar-refractivity contribution in [3.8, 4) is 22.4 Å². The number of nitrogens with two attached hydrogens (primary N) is 1. The van der Waals surface area contributed by atoms with E-state index in [4.69, 9.17) is 5.73 Å². The number of hydrogen-bond donors (Lipinski definition) is 2. The van der Waals surface area contributed by atoms with Crippen molar-refractivity contribution >= 4 is 0 Å². The van der Waals surface area contributed by atoms with Crippen molar-refractivity contribution in [2.24, 2.45) is 5.73 Å². The molecule has 3 heterocycles. The molecule has 1 atom stereocenters. The van der Waals surface area contributed by atoms with Crippen molar-refractivity contribution in [1.29, 1.82) is 0 Å². The number of pyridine rings is 1. The Labute approximate surface area is 165 Å². The van der Waals surface area contributed by atoms with Crippen LogP contribution in [-0.2, 0) is 0 Å². The van der Waals surface area contributed by atoms with Crippen molar-refractivity contribution in [3.05, 3.63) is 66.4 Å². The van der Waals surface area contributed by atoms with Crippen LogP contribution in [0.25, 0.3) is 22.4 Å². The molecule has 1 aliphatic heterocycles. The summed E-state index contributed by atoms with van der Waals surface area (Å²) in [5.74, 6) is 0.279. The lowest BCUT2D eigenvalue weighted by Gasteiger charge is -2.32. The molecule has 5 heteroatoms. The molecule has 0 spiro atoms. The molecule has 0 radical (unpaired) electrons. The summed E-state index contributed by atoms with van der Waals surface area (Å²) in [7, 11) is 0. The first-order valence-corrected chi connectivity index (χ1v) is 9.97. The molecule has 2 aromatic heterocycles. The summed E-state index contributed by atoms with van der Waals surface area (Å²) in [5.41, 5.74) is 11.5.